The molecule has 1 heterocycles. The number of imidazole rings is 1. The van der Waals surface area contributed by atoms with Gasteiger partial charge in [0.15, 0.2) is 0 Å². The van der Waals surface area contributed by atoms with Crippen LogP contribution in [0.2, 0.25) is 0 Å². The van der Waals surface area contributed by atoms with Gasteiger partial charge < -0.3 is 5.11 Å². The van der Waals surface area contributed by atoms with Gasteiger partial charge in [-0.15, -0.1) is 0 Å². The van der Waals surface area contributed by atoms with Crippen molar-refractivity contribution in [3.8, 4) is 0 Å². The van der Waals surface area contributed by atoms with E-state index in [9.17, 15) is 17.6 Å². The van der Waals surface area contributed by atoms with E-state index in [1.165, 1.54) is 0 Å². The van der Waals surface area contributed by atoms with Crippen LogP contribution in [0.4, 0.5) is 17.6 Å². The fourth-order valence-corrected chi connectivity index (χ4v) is 2.18. The highest BCUT2D eigenvalue weighted by Crippen LogP contribution is 2.34. The summed E-state index contributed by atoms with van der Waals surface area (Å²) in [5.74, 6) is -1.97. The van der Waals surface area contributed by atoms with E-state index in [4.69, 9.17) is 5.11 Å². The Bertz CT molecular complexity index is 578. The Kier molecular flexibility index (Phi) is 2.86. The molecule has 0 aliphatic carbocycles. The van der Waals surface area contributed by atoms with Crippen LogP contribution in [0.1, 0.15) is 5.82 Å². The average Bonchev–Trinajstić information content (AvgIpc) is 2.55. The van der Waals surface area contributed by atoms with Gasteiger partial charge in [0.05, 0.1) is 11.0 Å². The molecule has 0 unspecified atom stereocenters. The number of rotatable bonds is 1. The number of hydrogen-bond donors (Lipinski definition) is 1. The lowest BCUT2D eigenvalue weighted by molar-refractivity contribution is -0.148. The number of alkyl halides is 3. The SMILES string of the molecule is OCn1c(C(F)(F)F)nc2cc(F)cc(Br)c21. The van der Waals surface area contributed by atoms with Crippen molar-refractivity contribution in [3.05, 3.63) is 28.2 Å². The topological polar surface area (TPSA) is 38.0 Å². The smallest absolute Gasteiger partial charge is 0.376 e. The molecule has 0 fully saturated rings. The highest BCUT2D eigenvalue weighted by Gasteiger charge is 2.37. The Morgan fingerprint density at radius 1 is 1.35 bits per heavy atom. The van der Waals surface area contributed by atoms with Crippen LogP contribution in [0, 0.1) is 5.82 Å². The summed E-state index contributed by atoms with van der Waals surface area (Å²) in [5, 5.41) is 8.97. The van der Waals surface area contributed by atoms with Gasteiger partial charge in [0.1, 0.15) is 12.5 Å². The third-order valence-electron chi connectivity index (χ3n) is 2.15. The zero-order valence-corrected chi connectivity index (χ0v) is 9.68. The third-order valence-corrected chi connectivity index (χ3v) is 2.76. The summed E-state index contributed by atoms with van der Waals surface area (Å²) in [6.07, 6.45) is -4.71. The van der Waals surface area contributed by atoms with Crippen molar-refractivity contribution in [1.29, 1.82) is 0 Å². The Hall–Kier alpha value is -1.15. The van der Waals surface area contributed by atoms with Crippen molar-refractivity contribution in [2.24, 2.45) is 0 Å². The summed E-state index contributed by atoms with van der Waals surface area (Å²) in [6, 6.07) is 1.89. The van der Waals surface area contributed by atoms with Crippen LogP contribution >= 0.6 is 15.9 Å². The van der Waals surface area contributed by atoms with Crippen LogP contribution in [-0.2, 0) is 12.9 Å². The number of halogens is 5. The van der Waals surface area contributed by atoms with Gasteiger partial charge in [0.25, 0.3) is 0 Å². The number of fused-ring (bicyclic) bond motifs is 1. The molecule has 1 aromatic carbocycles. The molecule has 0 saturated heterocycles. The van der Waals surface area contributed by atoms with E-state index in [1.807, 2.05) is 0 Å². The third kappa shape index (κ3) is 2.02. The van der Waals surface area contributed by atoms with Crippen LogP contribution < -0.4 is 0 Å². The fourth-order valence-electron chi connectivity index (χ4n) is 1.54. The predicted molar refractivity (Wildman–Crippen MR) is 54.6 cm³/mol. The Balaban J connectivity index is 2.85. The summed E-state index contributed by atoms with van der Waals surface area (Å²) < 4.78 is 51.5. The minimum atomic E-state index is -4.71. The Labute approximate surface area is 101 Å². The molecule has 0 saturated carbocycles. The molecule has 2 rings (SSSR count). The second-order valence-electron chi connectivity index (χ2n) is 3.26. The minimum absolute atomic E-state index is 0.00113. The molecule has 8 heteroatoms. The molecule has 0 atom stereocenters. The van der Waals surface area contributed by atoms with Crippen LogP contribution in [0.25, 0.3) is 11.0 Å². The fraction of sp³-hybridized carbons (Fsp3) is 0.222. The molecule has 0 bridgehead atoms. The quantitative estimate of drug-likeness (QED) is 0.822. The maximum absolute atomic E-state index is 13.0. The largest absolute Gasteiger partial charge is 0.449 e. The second kappa shape index (κ2) is 3.95. The summed E-state index contributed by atoms with van der Waals surface area (Å²) in [6.45, 7) is -0.893. The van der Waals surface area contributed by atoms with Gasteiger partial charge in [0, 0.05) is 10.5 Å². The van der Waals surface area contributed by atoms with Gasteiger partial charge in [-0.05, 0) is 22.0 Å². The minimum Gasteiger partial charge on any atom is -0.376 e. The van der Waals surface area contributed by atoms with Crippen molar-refractivity contribution in [2.45, 2.75) is 12.9 Å². The number of aromatic nitrogens is 2. The van der Waals surface area contributed by atoms with E-state index in [1.54, 1.807) is 0 Å². The van der Waals surface area contributed by atoms with Crippen molar-refractivity contribution in [1.82, 2.24) is 9.55 Å². The summed E-state index contributed by atoms with van der Waals surface area (Å²) in [5.41, 5.74) is -0.167. The zero-order chi connectivity index (χ0) is 12.8. The molecule has 92 valence electrons. The number of hydrogen-bond acceptors (Lipinski definition) is 2. The molecular weight excluding hydrogens is 308 g/mol. The number of aliphatic hydroxyl groups excluding tert-OH is 1. The van der Waals surface area contributed by atoms with Gasteiger partial charge in [-0.1, -0.05) is 0 Å². The second-order valence-corrected chi connectivity index (χ2v) is 4.11. The number of benzene rings is 1. The van der Waals surface area contributed by atoms with Crippen molar-refractivity contribution < 1.29 is 22.7 Å². The molecular formula is C9H5BrF4N2O. The van der Waals surface area contributed by atoms with Crippen molar-refractivity contribution in [2.75, 3.05) is 0 Å². The predicted octanol–water partition coefficient (Wildman–Crippen LogP) is 2.91. The number of aliphatic hydroxyl groups is 1. The van der Waals surface area contributed by atoms with Crippen LogP contribution in [0.15, 0.2) is 16.6 Å². The first kappa shape index (κ1) is 12.3. The van der Waals surface area contributed by atoms with Crippen molar-refractivity contribution in [3.63, 3.8) is 0 Å². The normalized spacial score (nSPS) is 12.4. The molecule has 0 aliphatic heterocycles. The molecule has 0 aliphatic rings. The monoisotopic (exact) mass is 312 g/mol. The highest BCUT2D eigenvalue weighted by atomic mass is 79.9. The van der Waals surface area contributed by atoms with Gasteiger partial charge in [-0.3, -0.25) is 4.57 Å². The molecule has 0 radical (unpaired) electrons. The molecule has 0 amide bonds. The lowest BCUT2D eigenvalue weighted by atomic mass is 10.3. The first-order valence-electron chi connectivity index (χ1n) is 4.38. The summed E-state index contributed by atoms with van der Waals surface area (Å²) in [7, 11) is 0. The lowest BCUT2D eigenvalue weighted by Crippen LogP contribution is -2.15. The van der Waals surface area contributed by atoms with E-state index in [-0.39, 0.29) is 15.5 Å². The van der Waals surface area contributed by atoms with Crippen molar-refractivity contribution >= 4 is 27.0 Å². The van der Waals surface area contributed by atoms with E-state index in [0.717, 1.165) is 12.1 Å². The van der Waals surface area contributed by atoms with E-state index >= 15 is 0 Å². The van der Waals surface area contributed by atoms with Gasteiger partial charge >= 0.3 is 6.18 Å². The standard InChI is InChI=1S/C9H5BrF4N2O/c10-5-1-4(11)2-6-7(5)16(3-17)8(15-6)9(12,13)14/h1-2,17H,3H2. The molecule has 1 aromatic heterocycles. The van der Waals surface area contributed by atoms with E-state index in [0.29, 0.717) is 4.57 Å². The maximum atomic E-state index is 13.0. The molecule has 2 aromatic rings. The Morgan fingerprint density at radius 2 is 2.00 bits per heavy atom. The van der Waals surface area contributed by atoms with Crippen LogP contribution in [0.5, 0.6) is 0 Å². The molecule has 17 heavy (non-hydrogen) atoms. The van der Waals surface area contributed by atoms with Crippen LogP contribution in [0.3, 0.4) is 0 Å². The molecule has 0 spiro atoms. The van der Waals surface area contributed by atoms with E-state index in [2.05, 4.69) is 20.9 Å². The molecule has 1 N–H and O–H groups in total. The Morgan fingerprint density at radius 3 is 2.53 bits per heavy atom. The highest BCUT2D eigenvalue weighted by molar-refractivity contribution is 9.10. The van der Waals surface area contributed by atoms with Crippen LogP contribution in [-0.4, -0.2) is 14.7 Å². The van der Waals surface area contributed by atoms with Gasteiger partial charge in [-0.2, -0.15) is 13.2 Å². The first-order valence-corrected chi connectivity index (χ1v) is 5.17. The summed E-state index contributed by atoms with van der Waals surface area (Å²) >= 11 is 2.94. The van der Waals surface area contributed by atoms with Gasteiger partial charge in [0.2, 0.25) is 5.82 Å². The summed E-state index contributed by atoms with van der Waals surface area (Å²) in [4.78, 5) is 3.28. The number of nitrogens with zero attached hydrogens (tertiary/aromatic N) is 2. The zero-order valence-electron chi connectivity index (χ0n) is 8.09. The van der Waals surface area contributed by atoms with Gasteiger partial charge in [-0.25, -0.2) is 9.37 Å². The molecule has 3 nitrogen and oxygen atoms in total. The first-order chi connectivity index (χ1) is 7.84. The average molecular weight is 313 g/mol. The maximum Gasteiger partial charge on any atom is 0.449 e. The van der Waals surface area contributed by atoms with E-state index < -0.39 is 24.5 Å². The lowest BCUT2D eigenvalue weighted by Gasteiger charge is -2.08.